The lowest BCUT2D eigenvalue weighted by Gasteiger charge is -2.43. The minimum Gasteiger partial charge on any atom is -0.460 e. The lowest BCUT2D eigenvalue weighted by molar-refractivity contribution is -0.267. The number of allylic oxidation sites excluding steroid dienone is 3. The molecule has 0 spiro atoms. The fourth-order valence-corrected chi connectivity index (χ4v) is 10.6. The Morgan fingerprint density at radius 2 is 1.55 bits per heavy atom. The van der Waals surface area contributed by atoms with Gasteiger partial charge in [0.1, 0.15) is 30.1 Å². The summed E-state index contributed by atoms with van der Waals surface area (Å²) in [6.45, 7) is 13.1. The van der Waals surface area contributed by atoms with Crippen LogP contribution < -0.4 is 0 Å². The monoisotopic (exact) mass is 918 g/mol. The molecule has 1 unspecified atom stereocenters. The van der Waals surface area contributed by atoms with Gasteiger partial charge in [-0.25, -0.2) is 4.79 Å². The van der Waals surface area contributed by atoms with Crippen molar-refractivity contribution in [3.63, 3.8) is 0 Å². The van der Waals surface area contributed by atoms with E-state index >= 15 is 0 Å². The van der Waals surface area contributed by atoms with Crippen LogP contribution in [0.5, 0.6) is 0 Å². The van der Waals surface area contributed by atoms with Crippen LogP contribution in [0.4, 0.5) is 0 Å². The van der Waals surface area contributed by atoms with Crippen LogP contribution in [0, 0.1) is 41.4 Å². The number of carbonyl (C=O) groups is 5. The average Bonchev–Trinajstić information content (AvgIpc) is 3.28. The maximum Gasteiger partial charge on any atom is 0.329 e. The van der Waals surface area contributed by atoms with E-state index in [0.29, 0.717) is 63.4 Å². The number of methoxy groups -OCH3 is 3. The van der Waals surface area contributed by atoms with Gasteiger partial charge in [0, 0.05) is 58.5 Å². The molecule has 3 aliphatic heterocycles. The molecule has 0 aromatic carbocycles. The number of rotatable bonds is 6. The van der Waals surface area contributed by atoms with Crippen molar-refractivity contribution in [3.05, 3.63) is 23.8 Å². The number of piperidine rings is 1. The molecular weight excluding hydrogens is 835 g/mol. The van der Waals surface area contributed by atoms with Crippen LogP contribution in [-0.4, -0.2) is 132 Å². The van der Waals surface area contributed by atoms with Crippen molar-refractivity contribution in [3.8, 4) is 0 Å². The van der Waals surface area contributed by atoms with Gasteiger partial charge in [-0.2, -0.15) is 0 Å². The first kappa shape index (κ1) is 54.8. The van der Waals surface area contributed by atoms with Gasteiger partial charge in [0.15, 0.2) is 5.78 Å². The van der Waals surface area contributed by atoms with E-state index in [2.05, 4.69) is 26.0 Å². The molecule has 1 amide bonds. The third-order valence-corrected chi connectivity index (χ3v) is 15.2. The summed E-state index contributed by atoms with van der Waals surface area (Å²) in [5.41, 5.74) is 0.406. The average molecular weight is 918 g/mol. The molecule has 16 atom stereocenters. The Morgan fingerprint density at radius 1 is 0.846 bits per heavy atom. The summed E-state index contributed by atoms with van der Waals surface area (Å²) >= 11 is 0. The van der Waals surface area contributed by atoms with E-state index in [1.165, 1.54) is 12.0 Å². The fourth-order valence-electron chi connectivity index (χ4n) is 10.6. The number of fused-ring (bicyclic) bond motifs is 3. The SMILES string of the molecule is CO[C@H]1C[C@@H]2CC[C@@H](C)[C@@](O)(O2)C(=O)C(=O)N2CCCC[C@H]2C(=O)O[C@H]([C@H](C)C[C@H]2CC[C@@H](O)[C@H](OC)C2)CC(=O)[C@H](C)/C=C(\C)[C@@H](O)[C@@H](OC)C(=O)[C@H](C)C[C@H](C)CC/C=C/CC1C. The van der Waals surface area contributed by atoms with Gasteiger partial charge < -0.3 is 43.9 Å². The molecule has 3 heterocycles. The zero-order valence-corrected chi connectivity index (χ0v) is 41.1. The number of amides is 1. The molecule has 4 aliphatic rings. The maximum atomic E-state index is 14.4. The third kappa shape index (κ3) is 14.6. The molecule has 14 nitrogen and oxygen atoms in total. The molecular formula is C51H83NO13. The van der Waals surface area contributed by atoms with E-state index < -0.39 is 71.8 Å². The molecule has 0 aromatic heterocycles. The molecule has 1 saturated carbocycles. The summed E-state index contributed by atoms with van der Waals surface area (Å²) in [6, 6.07) is -1.13. The first-order valence-electron chi connectivity index (χ1n) is 24.6. The summed E-state index contributed by atoms with van der Waals surface area (Å²) in [4.78, 5) is 71.9. The second kappa shape index (κ2) is 25.5. The van der Waals surface area contributed by atoms with Gasteiger partial charge >= 0.3 is 5.97 Å². The molecule has 4 rings (SSSR count). The molecule has 65 heavy (non-hydrogen) atoms. The van der Waals surface area contributed by atoms with Crippen molar-refractivity contribution in [2.75, 3.05) is 27.9 Å². The second-order valence-corrected chi connectivity index (χ2v) is 20.3. The minimum atomic E-state index is -2.40. The number of ketones is 3. The van der Waals surface area contributed by atoms with Crippen LogP contribution in [0.3, 0.4) is 0 Å². The Balaban J connectivity index is 1.67. The predicted octanol–water partition coefficient (Wildman–Crippen LogP) is 6.48. The number of ether oxygens (including phenoxy) is 5. The fraction of sp³-hybridized carbons (Fsp3) is 0.824. The summed E-state index contributed by atoms with van der Waals surface area (Å²) in [6.07, 6.45) is 8.91. The van der Waals surface area contributed by atoms with Crippen LogP contribution in [0.1, 0.15) is 145 Å². The topological polar surface area (TPSA) is 195 Å². The number of aliphatic hydroxyl groups is 3. The Kier molecular flexibility index (Phi) is 21.5. The van der Waals surface area contributed by atoms with E-state index in [9.17, 15) is 39.3 Å². The normalized spacial score (nSPS) is 40.6. The van der Waals surface area contributed by atoms with Crippen molar-refractivity contribution in [1.29, 1.82) is 0 Å². The molecule has 14 heteroatoms. The highest BCUT2D eigenvalue weighted by Crippen LogP contribution is 2.38. The Morgan fingerprint density at radius 3 is 2.23 bits per heavy atom. The maximum absolute atomic E-state index is 14.4. The Bertz CT molecular complexity index is 1650. The number of hydrogen-bond donors (Lipinski definition) is 3. The molecule has 3 fully saturated rings. The number of cyclic esters (lactones) is 1. The van der Waals surface area contributed by atoms with E-state index in [4.69, 9.17) is 23.7 Å². The first-order chi connectivity index (χ1) is 30.7. The van der Waals surface area contributed by atoms with Crippen molar-refractivity contribution < 1.29 is 63.0 Å². The number of Topliss-reactive ketones (excluding diaryl/α,β-unsaturated/α-hetero) is 3. The molecule has 0 radical (unpaired) electrons. The minimum absolute atomic E-state index is 0.0772. The summed E-state index contributed by atoms with van der Waals surface area (Å²) in [5, 5.41) is 33.9. The molecule has 3 N–H and O–H groups in total. The summed E-state index contributed by atoms with van der Waals surface area (Å²) in [7, 11) is 4.60. The highest BCUT2D eigenvalue weighted by Gasteiger charge is 2.53. The van der Waals surface area contributed by atoms with Gasteiger partial charge in [-0.1, -0.05) is 59.8 Å². The van der Waals surface area contributed by atoms with E-state index in [0.717, 1.165) is 25.7 Å². The number of aliphatic hydroxyl groups excluding tert-OH is 2. The van der Waals surface area contributed by atoms with Crippen LogP contribution in [0.25, 0.3) is 0 Å². The van der Waals surface area contributed by atoms with Gasteiger partial charge in [0.05, 0.1) is 24.4 Å². The number of esters is 1. The zero-order chi connectivity index (χ0) is 48.2. The molecule has 1 aliphatic carbocycles. The highest BCUT2D eigenvalue weighted by molar-refractivity contribution is 6.39. The van der Waals surface area contributed by atoms with Crippen LogP contribution in [0.15, 0.2) is 23.8 Å². The van der Waals surface area contributed by atoms with Gasteiger partial charge in [-0.05, 0) is 120 Å². The summed E-state index contributed by atoms with van der Waals surface area (Å²) in [5.74, 6) is -7.43. The highest BCUT2D eigenvalue weighted by atomic mass is 16.6. The zero-order valence-electron chi connectivity index (χ0n) is 41.1. The lowest BCUT2D eigenvalue weighted by Crippen LogP contribution is -2.61. The van der Waals surface area contributed by atoms with Crippen molar-refractivity contribution in [2.45, 2.75) is 199 Å². The van der Waals surface area contributed by atoms with Gasteiger partial charge in [-0.15, -0.1) is 0 Å². The van der Waals surface area contributed by atoms with Crippen LogP contribution >= 0.6 is 0 Å². The van der Waals surface area contributed by atoms with Crippen LogP contribution in [-0.2, 0) is 47.7 Å². The van der Waals surface area contributed by atoms with Crippen molar-refractivity contribution in [2.24, 2.45) is 41.4 Å². The smallest absolute Gasteiger partial charge is 0.329 e. The van der Waals surface area contributed by atoms with Crippen molar-refractivity contribution >= 4 is 29.2 Å². The van der Waals surface area contributed by atoms with Crippen LogP contribution in [0.2, 0.25) is 0 Å². The van der Waals surface area contributed by atoms with Crippen molar-refractivity contribution in [1.82, 2.24) is 4.90 Å². The van der Waals surface area contributed by atoms with E-state index in [1.54, 1.807) is 41.1 Å². The molecule has 2 bridgehead atoms. The van der Waals surface area contributed by atoms with Gasteiger partial charge in [0.2, 0.25) is 5.79 Å². The first-order valence-corrected chi connectivity index (χ1v) is 24.6. The third-order valence-electron chi connectivity index (χ3n) is 15.2. The van der Waals surface area contributed by atoms with E-state index in [1.807, 2.05) is 13.8 Å². The Hall–Kier alpha value is -2.85. The number of carbonyl (C=O) groups excluding carboxylic acids is 5. The largest absolute Gasteiger partial charge is 0.460 e. The van der Waals surface area contributed by atoms with Gasteiger partial charge in [-0.3, -0.25) is 19.2 Å². The predicted molar refractivity (Wildman–Crippen MR) is 245 cm³/mol. The number of hydrogen-bond acceptors (Lipinski definition) is 13. The standard InChI is InChI=1S/C51H83NO13/c1-30-16-12-11-13-17-31(2)42(61-8)28-38-21-19-36(7)51(60,65-38)48(57)49(58)52-23-15-14-18-39(52)50(59)64-43(33(4)26-37-20-22-40(53)44(27-37)62-9)29-41(54)32(3)25-35(6)46(56)47(63-10)45(55)34(5)24-30/h11,13,25,30-34,36-40,42-44,46-47,53,56,60H,12,14-24,26-29H2,1-10H3/b13-11+,35-25+/t30-,31?,32-,33-,34-,36-,37-,38+,39+,40-,42+,43+,44-,46-,47+,51-/m1/s1. The molecule has 370 valence electrons. The Labute approximate surface area is 388 Å². The molecule has 0 aromatic rings. The van der Waals surface area contributed by atoms with Gasteiger partial charge in [0.25, 0.3) is 11.7 Å². The molecule has 2 saturated heterocycles. The summed E-state index contributed by atoms with van der Waals surface area (Å²) < 4.78 is 29.5. The van der Waals surface area contributed by atoms with E-state index in [-0.39, 0.29) is 72.8 Å². The lowest BCUT2D eigenvalue weighted by atomic mass is 9.78. The quantitative estimate of drug-likeness (QED) is 0.149. The number of nitrogens with zero attached hydrogens (tertiary/aromatic N) is 1. The second-order valence-electron chi connectivity index (χ2n) is 20.3.